The number of carbonyl (C=O) groups excluding carboxylic acids is 2. The van der Waals surface area contributed by atoms with Crippen molar-refractivity contribution in [3.05, 3.63) is 47.2 Å². The van der Waals surface area contributed by atoms with E-state index in [1.54, 1.807) is 35.7 Å². The Kier molecular flexibility index (Phi) is 4.38. The second kappa shape index (κ2) is 6.45. The van der Waals surface area contributed by atoms with Gasteiger partial charge in [-0.05, 0) is 24.1 Å². The van der Waals surface area contributed by atoms with Crippen LogP contribution < -0.4 is 5.32 Å². The van der Waals surface area contributed by atoms with Crippen LogP contribution in [0.1, 0.15) is 24.4 Å². The summed E-state index contributed by atoms with van der Waals surface area (Å²) < 4.78 is 13.2. The van der Waals surface area contributed by atoms with Crippen LogP contribution in [0.2, 0.25) is 0 Å². The van der Waals surface area contributed by atoms with E-state index in [2.05, 4.69) is 10.3 Å². The number of hydrogen-bond acceptors (Lipinski definition) is 4. The van der Waals surface area contributed by atoms with Crippen LogP contribution in [0, 0.1) is 11.7 Å². The molecule has 7 heteroatoms. The topological polar surface area (TPSA) is 62.3 Å². The van der Waals surface area contributed by atoms with Crippen LogP contribution >= 0.6 is 11.3 Å². The second-order valence-electron chi connectivity index (χ2n) is 5.47. The number of carbonyl (C=O) groups is 2. The minimum absolute atomic E-state index is 0.0161. The number of rotatable bonds is 3. The van der Waals surface area contributed by atoms with Crippen molar-refractivity contribution in [1.29, 1.82) is 0 Å². The van der Waals surface area contributed by atoms with Gasteiger partial charge in [-0.25, -0.2) is 9.37 Å². The molecule has 2 amide bonds. The summed E-state index contributed by atoms with van der Waals surface area (Å²) in [6.07, 6.45) is 2.40. The molecule has 1 saturated heterocycles. The molecule has 5 nitrogen and oxygen atoms in total. The fourth-order valence-electron chi connectivity index (χ4n) is 2.91. The van der Waals surface area contributed by atoms with Crippen molar-refractivity contribution in [1.82, 2.24) is 9.88 Å². The highest BCUT2D eigenvalue weighted by Crippen LogP contribution is 2.36. The molecule has 0 bridgehead atoms. The Morgan fingerprint density at radius 1 is 1.39 bits per heavy atom. The van der Waals surface area contributed by atoms with Crippen LogP contribution in [-0.4, -0.2) is 28.7 Å². The minimum Gasteiger partial charge on any atom is -0.338 e. The number of anilines is 1. The minimum atomic E-state index is -0.406. The lowest BCUT2D eigenvalue weighted by Gasteiger charge is -2.38. The van der Waals surface area contributed by atoms with Crippen LogP contribution in [0.3, 0.4) is 0 Å². The van der Waals surface area contributed by atoms with Gasteiger partial charge in [0.05, 0.1) is 12.0 Å². The number of nitrogens with one attached hydrogen (secondary N) is 1. The van der Waals surface area contributed by atoms with E-state index in [1.807, 2.05) is 0 Å². The maximum absolute atomic E-state index is 13.2. The van der Waals surface area contributed by atoms with Gasteiger partial charge in [-0.15, -0.1) is 11.3 Å². The number of hydrogen-bond donors (Lipinski definition) is 1. The highest BCUT2D eigenvalue weighted by molar-refractivity contribution is 7.13. The summed E-state index contributed by atoms with van der Waals surface area (Å²) in [5.41, 5.74) is 0.751. The Balaban J connectivity index is 1.88. The average Bonchev–Trinajstić information content (AvgIpc) is 3.04. The van der Waals surface area contributed by atoms with Crippen LogP contribution in [0.4, 0.5) is 9.52 Å². The van der Waals surface area contributed by atoms with Gasteiger partial charge in [0.25, 0.3) is 0 Å². The maximum atomic E-state index is 13.2. The lowest BCUT2D eigenvalue weighted by molar-refractivity contribution is -0.140. The molecule has 1 aliphatic heterocycles. The Morgan fingerprint density at radius 2 is 2.13 bits per heavy atom. The number of amides is 2. The molecule has 1 fully saturated rings. The summed E-state index contributed by atoms with van der Waals surface area (Å²) >= 11 is 1.34. The van der Waals surface area contributed by atoms with Gasteiger partial charge in [-0.1, -0.05) is 12.1 Å². The number of aromatic nitrogens is 1. The quantitative estimate of drug-likeness (QED) is 0.939. The van der Waals surface area contributed by atoms with E-state index in [1.165, 1.54) is 23.5 Å². The number of benzene rings is 1. The smallest absolute Gasteiger partial charge is 0.231 e. The Morgan fingerprint density at radius 3 is 2.78 bits per heavy atom. The number of halogens is 1. The molecule has 0 aliphatic carbocycles. The van der Waals surface area contributed by atoms with Gasteiger partial charge in [0, 0.05) is 25.0 Å². The van der Waals surface area contributed by atoms with Gasteiger partial charge in [-0.3, -0.25) is 9.59 Å². The summed E-state index contributed by atoms with van der Waals surface area (Å²) in [6, 6.07) is 5.53. The van der Waals surface area contributed by atoms with Crippen LogP contribution in [0.5, 0.6) is 0 Å². The summed E-state index contributed by atoms with van der Waals surface area (Å²) in [7, 11) is 1.68. The predicted octanol–water partition coefficient (Wildman–Crippen LogP) is 2.83. The standard InChI is InChI=1S/C16H16FN3O2S/c1-20-13(21)7-6-12(15(22)19-16-18-8-9-23-16)14(20)10-2-4-11(17)5-3-10/h2-5,8-9,12,14H,6-7H2,1H3,(H,18,19,22)/t12-,14-/m1/s1. The fourth-order valence-corrected chi connectivity index (χ4v) is 3.44. The molecule has 0 unspecified atom stereocenters. The van der Waals surface area contributed by atoms with Crippen molar-refractivity contribution in [3.63, 3.8) is 0 Å². The molecule has 1 N–H and O–H groups in total. The van der Waals surface area contributed by atoms with E-state index in [4.69, 9.17) is 0 Å². The van der Waals surface area contributed by atoms with Gasteiger partial charge in [0.1, 0.15) is 5.82 Å². The van der Waals surface area contributed by atoms with E-state index in [0.717, 1.165) is 5.56 Å². The zero-order valence-corrected chi connectivity index (χ0v) is 13.3. The van der Waals surface area contributed by atoms with Crippen molar-refractivity contribution in [2.75, 3.05) is 12.4 Å². The Labute approximate surface area is 137 Å². The van der Waals surface area contributed by atoms with Crippen molar-refractivity contribution in [3.8, 4) is 0 Å². The third kappa shape index (κ3) is 3.24. The van der Waals surface area contributed by atoms with E-state index in [9.17, 15) is 14.0 Å². The van der Waals surface area contributed by atoms with Crippen molar-refractivity contribution in [2.45, 2.75) is 18.9 Å². The largest absolute Gasteiger partial charge is 0.338 e. The van der Waals surface area contributed by atoms with Crippen LogP contribution in [0.25, 0.3) is 0 Å². The van der Waals surface area contributed by atoms with E-state index < -0.39 is 12.0 Å². The summed E-state index contributed by atoms with van der Waals surface area (Å²) in [5.74, 6) is -0.930. The molecular formula is C16H16FN3O2S. The van der Waals surface area contributed by atoms with Gasteiger partial charge < -0.3 is 10.2 Å². The monoisotopic (exact) mass is 333 g/mol. The number of thiazole rings is 1. The first-order chi connectivity index (χ1) is 11.1. The number of piperidine rings is 1. The molecule has 1 aromatic heterocycles. The van der Waals surface area contributed by atoms with Gasteiger partial charge >= 0.3 is 0 Å². The average molecular weight is 333 g/mol. The molecule has 1 aromatic carbocycles. The van der Waals surface area contributed by atoms with Gasteiger partial charge in [0.15, 0.2) is 5.13 Å². The molecule has 2 aromatic rings. The van der Waals surface area contributed by atoms with Gasteiger partial charge in [-0.2, -0.15) is 0 Å². The van der Waals surface area contributed by atoms with Crippen LogP contribution in [0.15, 0.2) is 35.8 Å². The summed E-state index contributed by atoms with van der Waals surface area (Å²) in [4.78, 5) is 30.3. The third-order valence-electron chi connectivity index (χ3n) is 4.07. The Hall–Kier alpha value is -2.28. The van der Waals surface area contributed by atoms with Gasteiger partial charge in [0.2, 0.25) is 11.8 Å². The van der Waals surface area contributed by atoms with E-state index in [0.29, 0.717) is 18.0 Å². The third-order valence-corrected chi connectivity index (χ3v) is 4.76. The molecule has 2 atom stereocenters. The molecular weight excluding hydrogens is 317 g/mol. The van der Waals surface area contributed by atoms with Crippen molar-refractivity contribution < 1.29 is 14.0 Å². The normalized spacial score (nSPS) is 21.3. The molecule has 23 heavy (non-hydrogen) atoms. The summed E-state index contributed by atoms with van der Waals surface area (Å²) in [5, 5.41) is 5.11. The molecule has 0 radical (unpaired) electrons. The maximum Gasteiger partial charge on any atom is 0.231 e. The zero-order chi connectivity index (χ0) is 16.4. The lowest BCUT2D eigenvalue weighted by Crippen LogP contribution is -2.44. The second-order valence-corrected chi connectivity index (χ2v) is 6.37. The van der Waals surface area contributed by atoms with E-state index in [-0.39, 0.29) is 17.6 Å². The molecule has 0 saturated carbocycles. The first-order valence-corrected chi connectivity index (χ1v) is 8.15. The highest BCUT2D eigenvalue weighted by atomic mass is 32.1. The number of nitrogens with zero attached hydrogens (tertiary/aromatic N) is 2. The zero-order valence-electron chi connectivity index (χ0n) is 12.5. The van der Waals surface area contributed by atoms with E-state index >= 15 is 0 Å². The molecule has 3 rings (SSSR count). The lowest BCUT2D eigenvalue weighted by atomic mass is 9.84. The summed E-state index contributed by atoms with van der Waals surface area (Å²) in [6.45, 7) is 0. The van der Waals surface area contributed by atoms with Crippen molar-refractivity contribution in [2.24, 2.45) is 5.92 Å². The SMILES string of the molecule is CN1C(=O)CC[C@@H](C(=O)Nc2nccs2)[C@H]1c1ccc(F)cc1. The molecule has 0 spiro atoms. The van der Waals surface area contributed by atoms with Crippen LogP contribution in [-0.2, 0) is 9.59 Å². The van der Waals surface area contributed by atoms with Crippen molar-refractivity contribution >= 4 is 28.3 Å². The number of likely N-dealkylation sites (tertiary alicyclic amines) is 1. The highest BCUT2D eigenvalue weighted by Gasteiger charge is 2.39. The predicted molar refractivity (Wildman–Crippen MR) is 85.4 cm³/mol. The molecule has 2 heterocycles. The first-order valence-electron chi connectivity index (χ1n) is 7.28. The first kappa shape index (κ1) is 15.6. The Bertz CT molecular complexity index is 703. The molecule has 120 valence electrons. The fraction of sp³-hybridized carbons (Fsp3) is 0.312. The molecule has 1 aliphatic rings.